The minimum Gasteiger partial charge on any atom is -0.449 e. The van der Waals surface area contributed by atoms with Gasteiger partial charge in [-0.15, -0.1) is 18.3 Å². The summed E-state index contributed by atoms with van der Waals surface area (Å²) in [5.41, 5.74) is 5.39. The van der Waals surface area contributed by atoms with E-state index in [0.29, 0.717) is 11.4 Å². The second-order valence-electron chi connectivity index (χ2n) is 4.33. The maximum absolute atomic E-state index is 12.1. The number of hydrogen-bond donors (Lipinski definition) is 2. The predicted molar refractivity (Wildman–Crippen MR) is 84.4 cm³/mol. The summed E-state index contributed by atoms with van der Waals surface area (Å²) >= 11 is 1.14. The van der Waals surface area contributed by atoms with E-state index in [0.717, 1.165) is 11.8 Å². The van der Waals surface area contributed by atoms with Gasteiger partial charge in [-0.3, -0.25) is 9.59 Å². The van der Waals surface area contributed by atoms with E-state index in [-0.39, 0.29) is 11.3 Å². The van der Waals surface area contributed by atoms with Crippen LogP contribution in [0.4, 0.5) is 0 Å². The third-order valence-electron chi connectivity index (χ3n) is 2.55. The third-order valence-corrected chi connectivity index (χ3v) is 3.65. The number of esters is 1. The van der Waals surface area contributed by atoms with Crippen LogP contribution in [0.5, 0.6) is 0 Å². The lowest BCUT2D eigenvalue weighted by atomic mass is 10.2. The normalized spacial score (nSPS) is 11.3. The van der Waals surface area contributed by atoms with Gasteiger partial charge in [0.15, 0.2) is 6.10 Å². The van der Waals surface area contributed by atoms with Gasteiger partial charge in [-0.05, 0) is 19.1 Å². The Labute approximate surface area is 133 Å². The molecule has 0 spiro atoms. The summed E-state index contributed by atoms with van der Waals surface area (Å²) < 4.78 is 5.13. The molecule has 0 saturated heterocycles. The Hall–Kier alpha value is -2.28. The van der Waals surface area contributed by atoms with Crippen molar-refractivity contribution in [2.75, 3.05) is 12.3 Å². The van der Waals surface area contributed by atoms with Crippen LogP contribution in [-0.4, -0.2) is 36.2 Å². The Bertz CT molecular complexity index is 574. The number of primary amides is 1. The molecule has 0 aliphatic heterocycles. The van der Waals surface area contributed by atoms with Crippen molar-refractivity contribution >= 4 is 29.5 Å². The standard InChI is InChI=1S/C15H18N2O4S/c1-3-8-17-14(19)10(2)21-15(20)11-6-4-5-7-12(11)22-9-13(16)18/h3-7,10H,1,8-9H2,2H3,(H2,16,18)(H,17,19). The van der Waals surface area contributed by atoms with Crippen molar-refractivity contribution in [1.82, 2.24) is 5.32 Å². The number of carbonyl (C=O) groups is 3. The maximum atomic E-state index is 12.1. The number of benzene rings is 1. The molecule has 0 bridgehead atoms. The van der Waals surface area contributed by atoms with Crippen molar-refractivity contribution in [3.8, 4) is 0 Å². The molecule has 0 radical (unpaired) electrons. The van der Waals surface area contributed by atoms with Gasteiger partial charge in [0.2, 0.25) is 5.91 Å². The average molecular weight is 322 g/mol. The first-order valence-electron chi connectivity index (χ1n) is 6.55. The Morgan fingerprint density at radius 1 is 1.41 bits per heavy atom. The van der Waals surface area contributed by atoms with Gasteiger partial charge in [0.25, 0.3) is 5.91 Å². The molecule has 2 amide bonds. The number of amides is 2. The molecular formula is C15H18N2O4S. The van der Waals surface area contributed by atoms with Gasteiger partial charge in [0.1, 0.15) is 0 Å². The summed E-state index contributed by atoms with van der Waals surface area (Å²) in [6, 6.07) is 6.67. The Morgan fingerprint density at radius 3 is 2.73 bits per heavy atom. The van der Waals surface area contributed by atoms with Gasteiger partial charge in [0.05, 0.1) is 11.3 Å². The molecule has 1 unspecified atom stereocenters. The summed E-state index contributed by atoms with van der Waals surface area (Å²) in [4.78, 5) is 35.2. The van der Waals surface area contributed by atoms with Gasteiger partial charge in [0, 0.05) is 11.4 Å². The molecule has 1 atom stereocenters. The molecule has 0 aliphatic rings. The highest BCUT2D eigenvalue weighted by Crippen LogP contribution is 2.23. The summed E-state index contributed by atoms with van der Waals surface area (Å²) in [5, 5.41) is 2.54. The van der Waals surface area contributed by atoms with E-state index in [2.05, 4.69) is 11.9 Å². The Balaban J connectivity index is 2.74. The van der Waals surface area contributed by atoms with Crippen LogP contribution in [0.15, 0.2) is 41.8 Å². The van der Waals surface area contributed by atoms with Crippen LogP contribution in [0.3, 0.4) is 0 Å². The monoisotopic (exact) mass is 322 g/mol. The van der Waals surface area contributed by atoms with Crippen molar-refractivity contribution in [1.29, 1.82) is 0 Å². The molecule has 22 heavy (non-hydrogen) atoms. The number of thioether (sulfide) groups is 1. The minimum atomic E-state index is -0.929. The van der Waals surface area contributed by atoms with E-state index < -0.39 is 23.9 Å². The lowest BCUT2D eigenvalue weighted by Crippen LogP contribution is -2.35. The summed E-state index contributed by atoms with van der Waals surface area (Å²) in [5.74, 6) is -1.46. The Morgan fingerprint density at radius 2 is 2.09 bits per heavy atom. The van der Waals surface area contributed by atoms with Crippen molar-refractivity contribution in [3.63, 3.8) is 0 Å². The molecule has 118 valence electrons. The van der Waals surface area contributed by atoms with Crippen molar-refractivity contribution in [3.05, 3.63) is 42.5 Å². The second kappa shape index (κ2) is 8.89. The molecule has 0 saturated carbocycles. The molecule has 3 N–H and O–H groups in total. The van der Waals surface area contributed by atoms with Gasteiger partial charge >= 0.3 is 5.97 Å². The smallest absolute Gasteiger partial charge is 0.340 e. The number of carbonyl (C=O) groups excluding carboxylic acids is 3. The number of hydrogen-bond acceptors (Lipinski definition) is 5. The molecule has 7 heteroatoms. The van der Waals surface area contributed by atoms with Gasteiger partial charge in [-0.25, -0.2) is 4.79 Å². The predicted octanol–water partition coefficient (Wildman–Crippen LogP) is 1.11. The van der Waals surface area contributed by atoms with Crippen LogP contribution in [0.25, 0.3) is 0 Å². The quantitative estimate of drug-likeness (QED) is 0.424. The highest BCUT2D eigenvalue weighted by Gasteiger charge is 2.20. The molecule has 0 aliphatic carbocycles. The van der Waals surface area contributed by atoms with Gasteiger partial charge in [-0.1, -0.05) is 18.2 Å². The fourth-order valence-electron chi connectivity index (χ4n) is 1.50. The first-order chi connectivity index (χ1) is 10.5. The largest absolute Gasteiger partial charge is 0.449 e. The number of nitrogens with two attached hydrogens (primary N) is 1. The van der Waals surface area contributed by atoms with Crippen LogP contribution >= 0.6 is 11.8 Å². The van der Waals surface area contributed by atoms with Crippen LogP contribution < -0.4 is 11.1 Å². The number of nitrogens with one attached hydrogen (secondary N) is 1. The van der Waals surface area contributed by atoms with E-state index in [4.69, 9.17) is 10.5 Å². The van der Waals surface area contributed by atoms with Crippen molar-refractivity contribution < 1.29 is 19.1 Å². The summed E-state index contributed by atoms with van der Waals surface area (Å²) in [7, 11) is 0. The van der Waals surface area contributed by atoms with Crippen LogP contribution in [0, 0.1) is 0 Å². The number of ether oxygens (including phenoxy) is 1. The molecule has 6 nitrogen and oxygen atoms in total. The average Bonchev–Trinajstić information content (AvgIpc) is 2.50. The second-order valence-corrected chi connectivity index (χ2v) is 5.35. The summed E-state index contributed by atoms with van der Waals surface area (Å²) in [6.07, 6.45) is 0.601. The number of rotatable bonds is 8. The van der Waals surface area contributed by atoms with Gasteiger partial charge in [-0.2, -0.15) is 0 Å². The molecule has 0 heterocycles. The van der Waals surface area contributed by atoms with E-state index in [9.17, 15) is 14.4 Å². The van der Waals surface area contributed by atoms with E-state index in [1.807, 2.05) is 0 Å². The van der Waals surface area contributed by atoms with Crippen molar-refractivity contribution in [2.45, 2.75) is 17.9 Å². The highest BCUT2D eigenvalue weighted by atomic mass is 32.2. The Kier molecular flexibility index (Phi) is 7.18. The zero-order valence-corrected chi connectivity index (χ0v) is 13.0. The first-order valence-corrected chi connectivity index (χ1v) is 7.54. The maximum Gasteiger partial charge on any atom is 0.340 e. The zero-order valence-electron chi connectivity index (χ0n) is 12.2. The van der Waals surface area contributed by atoms with Crippen LogP contribution in [0.1, 0.15) is 17.3 Å². The van der Waals surface area contributed by atoms with E-state index in [1.165, 1.54) is 13.0 Å². The fourth-order valence-corrected chi connectivity index (χ4v) is 2.28. The minimum absolute atomic E-state index is 0.0552. The molecule has 0 fully saturated rings. The van der Waals surface area contributed by atoms with Gasteiger partial charge < -0.3 is 15.8 Å². The van der Waals surface area contributed by atoms with Crippen LogP contribution in [-0.2, 0) is 14.3 Å². The molecule has 1 aromatic rings. The van der Waals surface area contributed by atoms with E-state index in [1.54, 1.807) is 24.3 Å². The van der Waals surface area contributed by atoms with Crippen LogP contribution in [0.2, 0.25) is 0 Å². The van der Waals surface area contributed by atoms with Crippen molar-refractivity contribution in [2.24, 2.45) is 5.73 Å². The molecule has 1 rings (SSSR count). The summed E-state index contributed by atoms with van der Waals surface area (Å²) in [6.45, 7) is 5.26. The third kappa shape index (κ3) is 5.61. The molecule has 1 aromatic carbocycles. The lowest BCUT2D eigenvalue weighted by Gasteiger charge is -2.14. The zero-order chi connectivity index (χ0) is 16.5. The molecular weight excluding hydrogens is 304 g/mol. The van der Waals surface area contributed by atoms with E-state index >= 15 is 0 Å². The SMILES string of the molecule is C=CCNC(=O)C(C)OC(=O)c1ccccc1SCC(N)=O. The highest BCUT2D eigenvalue weighted by molar-refractivity contribution is 8.00. The topological polar surface area (TPSA) is 98.5 Å². The lowest BCUT2D eigenvalue weighted by molar-refractivity contribution is -0.128. The molecule has 0 aromatic heterocycles. The fraction of sp³-hybridized carbons (Fsp3) is 0.267. The first kappa shape index (κ1) is 17.8.